The Hall–Kier alpha value is -2.56. The lowest BCUT2D eigenvalue weighted by Crippen LogP contribution is -2.17. The number of hydrogen-bond donors (Lipinski definition) is 1. The highest BCUT2D eigenvalue weighted by molar-refractivity contribution is 6.36. The van der Waals surface area contributed by atoms with Gasteiger partial charge in [-0.25, -0.2) is 5.43 Å². The van der Waals surface area contributed by atoms with Crippen molar-refractivity contribution >= 4 is 35.3 Å². The zero-order chi connectivity index (χ0) is 18.4. The Kier molecular flexibility index (Phi) is 6.10. The lowest BCUT2D eigenvalue weighted by Gasteiger charge is -2.01. The fraction of sp³-hybridized carbons (Fsp3) is 0.100. The zero-order valence-corrected chi connectivity index (χ0v) is 15.3. The molecule has 0 bridgehead atoms. The van der Waals surface area contributed by atoms with E-state index in [0.29, 0.717) is 34.4 Å². The number of amides is 1. The monoisotopic (exact) mass is 386 g/mol. The summed E-state index contributed by atoms with van der Waals surface area (Å²) < 4.78 is 5.67. The number of aryl methyl sites for hydroxylation is 1. The normalized spacial score (nSPS) is 11.0. The molecule has 6 heteroatoms. The number of halogens is 2. The summed E-state index contributed by atoms with van der Waals surface area (Å²) in [4.78, 5) is 11.8. The van der Waals surface area contributed by atoms with Crippen molar-refractivity contribution in [3.63, 3.8) is 0 Å². The molecular formula is C20H16Cl2N2O2. The van der Waals surface area contributed by atoms with E-state index >= 15 is 0 Å². The van der Waals surface area contributed by atoms with Crippen molar-refractivity contribution < 1.29 is 9.21 Å². The maximum absolute atomic E-state index is 11.8. The summed E-state index contributed by atoms with van der Waals surface area (Å²) in [5.41, 5.74) is 4.35. The molecule has 0 atom stereocenters. The predicted molar refractivity (Wildman–Crippen MR) is 105 cm³/mol. The Bertz CT molecular complexity index is 921. The lowest BCUT2D eigenvalue weighted by molar-refractivity contribution is -0.121. The summed E-state index contributed by atoms with van der Waals surface area (Å²) in [6.45, 7) is 0. The van der Waals surface area contributed by atoms with Crippen LogP contribution < -0.4 is 5.43 Å². The molecule has 132 valence electrons. The van der Waals surface area contributed by atoms with Gasteiger partial charge in [-0.05, 0) is 42.3 Å². The van der Waals surface area contributed by atoms with Crippen molar-refractivity contribution in [3.8, 4) is 11.3 Å². The number of hydrogen-bond acceptors (Lipinski definition) is 3. The Morgan fingerprint density at radius 2 is 1.88 bits per heavy atom. The molecule has 4 nitrogen and oxygen atoms in total. The first-order chi connectivity index (χ1) is 12.6. The third-order valence-electron chi connectivity index (χ3n) is 3.69. The van der Waals surface area contributed by atoms with E-state index < -0.39 is 0 Å². The Morgan fingerprint density at radius 3 is 2.65 bits per heavy atom. The van der Waals surface area contributed by atoms with Crippen molar-refractivity contribution in [2.75, 3.05) is 0 Å². The van der Waals surface area contributed by atoms with Gasteiger partial charge in [-0.15, -0.1) is 0 Å². The van der Waals surface area contributed by atoms with Crippen LogP contribution in [0.25, 0.3) is 11.3 Å². The van der Waals surface area contributed by atoms with Gasteiger partial charge in [0.1, 0.15) is 11.5 Å². The Balaban J connectivity index is 1.54. The van der Waals surface area contributed by atoms with Gasteiger partial charge in [0, 0.05) is 17.0 Å². The molecule has 26 heavy (non-hydrogen) atoms. The van der Waals surface area contributed by atoms with Gasteiger partial charge in [0.2, 0.25) is 5.91 Å². The van der Waals surface area contributed by atoms with Crippen LogP contribution in [0.4, 0.5) is 0 Å². The molecule has 0 spiro atoms. The van der Waals surface area contributed by atoms with Crippen molar-refractivity contribution in [1.82, 2.24) is 5.43 Å². The molecule has 0 aliphatic carbocycles. The quantitative estimate of drug-likeness (QED) is 0.459. The molecule has 2 aromatic carbocycles. The minimum absolute atomic E-state index is 0.155. The average Bonchev–Trinajstić information content (AvgIpc) is 3.09. The van der Waals surface area contributed by atoms with Crippen LogP contribution in [0.5, 0.6) is 0 Å². The van der Waals surface area contributed by atoms with Crippen molar-refractivity contribution in [2.24, 2.45) is 5.10 Å². The van der Waals surface area contributed by atoms with Crippen molar-refractivity contribution in [1.29, 1.82) is 0 Å². The highest BCUT2D eigenvalue weighted by Gasteiger charge is 2.08. The topological polar surface area (TPSA) is 54.6 Å². The molecular weight excluding hydrogens is 371 g/mol. The molecule has 0 aliphatic rings. The number of hydrazone groups is 1. The van der Waals surface area contributed by atoms with Crippen LogP contribution in [0, 0.1) is 0 Å². The molecule has 1 N–H and O–H groups in total. The first-order valence-corrected chi connectivity index (χ1v) is 8.78. The fourth-order valence-corrected chi connectivity index (χ4v) is 2.88. The van der Waals surface area contributed by atoms with E-state index in [1.807, 2.05) is 30.3 Å². The summed E-state index contributed by atoms with van der Waals surface area (Å²) in [6.07, 6.45) is 2.49. The maximum atomic E-state index is 11.8. The molecule has 0 radical (unpaired) electrons. The lowest BCUT2D eigenvalue weighted by atomic mass is 10.1. The van der Waals surface area contributed by atoms with E-state index in [-0.39, 0.29) is 5.91 Å². The number of nitrogens with one attached hydrogen (secondary N) is 1. The molecule has 0 fully saturated rings. The van der Waals surface area contributed by atoms with Crippen LogP contribution >= 0.6 is 23.2 Å². The van der Waals surface area contributed by atoms with Crippen molar-refractivity contribution in [3.05, 3.63) is 82.0 Å². The fourth-order valence-electron chi connectivity index (χ4n) is 2.38. The first kappa shape index (κ1) is 18.2. The summed E-state index contributed by atoms with van der Waals surface area (Å²) in [7, 11) is 0. The van der Waals surface area contributed by atoms with Crippen molar-refractivity contribution in [2.45, 2.75) is 12.8 Å². The first-order valence-electron chi connectivity index (χ1n) is 8.03. The standard InChI is InChI=1S/C20H16Cl2N2O2/c21-15-7-9-17(18(22)12-15)19-10-8-16(26-19)13-23-24-20(25)11-6-14-4-2-1-3-5-14/h1-5,7-10,12-13H,6,11H2,(H,24,25)/b23-13-. The van der Waals surface area contributed by atoms with Gasteiger partial charge in [-0.2, -0.15) is 5.10 Å². The largest absolute Gasteiger partial charge is 0.455 e. The highest BCUT2D eigenvalue weighted by atomic mass is 35.5. The van der Waals surface area contributed by atoms with Gasteiger partial charge in [0.05, 0.1) is 11.2 Å². The summed E-state index contributed by atoms with van der Waals surface area (Å²) >= 11 is 12.1. The molecule has 1 aromatic heterocycles. The molecule has 3 aromatic rings. The van der Waals surface area contributed by atoms with Crippen LogP contribution in [0.1, 0.15) is 17.7 Å². The minimum atomic E-state index is -0.155. The van der Waals surface area contributed by atoms with Crippen LogP contribution in [-0.4, -0.2) is 12.1 Å². The van der Waals surface area contributed by atoms with Gasteiger partial charge in [-0.1, -0.05) is 53.5 Å². The number of benzene rings is 2. The highest BCUT2D eigenvalue weighted by Crippen LogP contribution is 2.31. The number of rotatable bonds is 6. The SMILES string of the molecule is O=C(CCc1ccccc1)N/N=C\c1ccc(-c2ccc(Cl)cc2Cl)o1. The second-order valence-corrected chi connectivity index (χ2v) is 6.45. The molecule has 1 amide bonds. The van der Waals surface area contributed by atoms with Gasteiger partial charge in [-0.3, -0.25) is 4.79 Å². The molecule has 0 saturated carbocycles. The molecule has 0 unspecified atom stereocenters. The summed E-state index contributed by atoms with van der Waals surface area (Å²) in [5.74, 6) is 0.954. The Morgan fingerprint density at radius 1 is 1.08 bits per heavy atom. The summed E-state index contributed by atoms with van der Waals surface area (Å²) in [5, 5.41) is 4.99. The minimum Gasteiger partial charge on any atom is -0.455 e. The van der Waals surface area contributed by atoms with E-state index in [2.05, 4.69) is 10.5 Å². The second-order valence-electron chi connectivity index (χ2n) is 5.60. The third-order valence-corrected chi connectivity index (χ3v) is 4.24. The summed E-state index contributed by atoms with van der Waals surface area (Å²) in [6, 6.07) is 18.5. The molecule has 1 heterocycles. The number of furan rings is 1. The predicted octanol–water partition coefficient (Wildman–Crippen LogP) is 5.34. The van der Waals surface area contributed by atoms with E-state index in [9.17, 15) is 4.79 Å². The van der Waals surface area contributed by atoms with Crippen LogP contribution in [0.3, 0.4) is 0 Å². The average molecular weight is 387 g/mol. The molecule has 0 aliphatic heterocycles. The second kappa shape index (κ2) is 8.70. The van der Waals surface area contributed by atoms with Gasteiger partial charge in [0.25, 0.3) is 0 Å². The molecule has 3 rings (SSSR count). The van der Waals surface area contributed by atoms with Crippen LogP contribution in [-0.2, 0) is 11.2 Å². The maximum Gasteiger partial charge on any atom is 0.240 e. The van der Waals surface area contributed by atoms with Gasteiger partial charge < -0.3 is 4.42 Å². The van der Waals surface area contributed by atoms with Gasteiger partial charge >= 0.3 is 0 Å². The van der Waals surface area contributed by atoms with E-state index in [1.165, 1.54) is 6.21 Å². The molecule has 0 saturated heterocycles. The Labute approximate surface area is 161 Å². The van der Waals surface area contributed by atoms with Gasteiger partial charge in [0.15, 0.2) is 0 Å². The van der Waals surface area contributed by atoms with Crippen LogP contribution in [0.15, 0.2) is 70.2 Å². The van der Waals surface area contributed by atoms with E-state index in [0.717, 1.165) is 11.1 Å². The van der Waals surface area contributed by atoms with Crippen LogP contribution in [0.2, 0.25) is 10.0 Å². The third kappa shape index (κ3) is 4.97. The smallest absolute Gasteiger partial charge is 0.240 e. The van der Waals surface area contributed by atoms with E-state index in [4.69, 9.17) is 27.6 Å². The van der Waals surface area contributed by atoms with E-state index in [1.54, 1.807) is 30.3 Å². The number of nitrogens with zero attached hydrogens (tertiary/aromatic N) is 1. The number of carbonyl (C=O) groups excluding carboxylic acids is 1. The zero-order valence-electron chi connectivity index (χ0n) is 13.8. The number of carbonyl (C=O) groups is 1.